The Kier molecular flexibility index (Phi) is 4.59. The zero-order valence-electron chi connectivity index (χ0n) is 15.2. The first-order valence-electron chi connectivity index (χ1n) is 9.25. The number of nitrogens with one attached hydrogen (secondary N) is 2. The molecule has 2 heterocycles. The Morgan fingerprint density at radius 1 is 1.22 bits per heavy atom. The van der Waals surface area contributed by atoms with Crippen LogP contribution in [0.15, 0.2) is 29.1 Å². The molecule has 4 rings (SSSR count). The zero-order chi connectivity index (χ0) is 19.2. The van der Waals surface area contributed by atoms with E-state index in [-0.39, 0.29) is 35.9 Å². The molecular formula is C18H24N4O4S. The summed E-state index contributed by atoms with van der Waals surface area (Å²) in [5.41, 5.74) is 1.33. The predicted molar refractivity (Wildman–Crippen MR) is 102 cm³/mol. The van der Waals surface area contributed by atoms with Crippen LogP contribution in [0.3, 0.4) is 0 Å². The number of aromatic amines is 1. The van der Waals surface area contributed by atoms with Crippen molar-refractivity contribution in [3.8, 4) is 0 Å². The summed E-state index contributed by atoms with van der Waals surface area (Å²) in [5.74, 6) is 0.235. The number of benzene rings is 1. The van der Waals surface area contributed by atoms with Gasteiger partial charge in [-0.25, -0.2) is 17.5 Å². The second kappa shape index (κ2) is 6.79. The minimum atomic E-state index is -3.19. The van der Waals surface area contributed by atoms with Crippen molar-refractivity contribution in [1.82, 2.24) is 19.2 Å². The highest BCUT2D eigenvalue weighted by Crippen LogP contribution is 2.37. The molecule has 2 atom stereocenters. The highest BCUT2D eigenvalue weighted by Gasteiger charge is 2.44. The zero-order valence-corrected chi connectivity index (χ0v) is 16.0. The second-order valence-electron chi connectivity index (χ2n) is 7.62. The van der Waals surface area contributed by atoms with E-state index in [0.29, 0.717) is 19.6 Å². The van der Waals surface area contributed by atoms with Gasteiger partial charge < -0.3 is 10.3 Å². The van der Waals surface area contributed by atoms with E-state index in [1.54, 1.807) is 4.57 Å². The van der Waals surface area contributed by atoms with Crippen molar-refractivity contribution in [3.63, 3.8) is 0 Å². The van der Waals surface area contributed by atoms with Crippen LogP contribution in [0.2, 0.25) is 0 Å². The van der Waals surface area contributed by atoms with E-state index in [2.05, 4.69) is 10.3 Å². The van der Waals surface area contributed by atoms with Crippen molar-refractivity contribution in [2.45, 2.75) is 31.8 Å². The van der Waals surface area contributed by atoms with Gasteiger partial charge in [-0.1, -0.05) is 12.1 Å². The quantitative estimate of drug-likeness (QED) is 0.773. The molecular weight excluding hydrogens is 368 g/mol. The van der Waals surface area contributed by atoms with Crippen LogP contribution in [0.25, 0.3) is 11.0 Å². The topological polar surface area (TPSA) is 104 Å². The first kappa shape index (κ1) is 18.2. The molecule has 2 bridgehead atoms. The molecule has 0 radical (unpaired) electrons. The van der Waals surface area contributed by atoms with Crippen LogP contribution in [0.4, 0.5) is 0 Å². The van der Waals surface area contributed by atoms with Crippen molar-refractivity contribution in [2.24, 2.45) is 11.8 Å². The lowest BCUT2D eigenvalue weighted by Gasteiger charge is -2.37. The normalized spacial score (nSPS) is 25.7. The van der Waals surface area contributed by atoms with E-state index in [0.717, 1.165) is 23.9 Å². The summed E-state index contributed by atoms with van der Waals surface area (Å²) in [4.78, 5) is 27.4. The van der Waals surface area contributed by atoms with Crippen LogP contribution in [-0.2, 0) is 21.4 Å². The highest BCUT2D eigenvalue weighted by atomic mass is 32.2. The smallest absolute Gasteiger partial charge is 0.326 e. The first-order chi connectivity index (χ1) is 12.8. The standard InChI is InChI=1S/C18H24N4O4S/c1-27(25,26)21-10-12-6-7-13(11-21)17(12)20-16(23)8-9-22-15-5-3-2-4-14(15)19-18(22)24/h2-5,12-13,17H,6-11H2,1H3,(H,19,24)(H,20,23). The number of para-hydroxylation sites is 2. The molecule has 2 unspecified atom stereocenters. The van der Waals surface area contributed by atoms with E-state index in [4.69, 9.17) is 0 Å². The molecule has 2 aliphatic rings. The maximum Gasteiger partial charge on any atom is 0.326 e. The number of aromatic nitrogens is 2. The number of amides is 1. The molecule has 8 nitrogen and oxygen atoms in total. The molecule has 1 saturated carbocycles. The number of aryl methyl sites for hydroxylation is 1. The molecule has 1 saturated heterocycles. The number of hydrogen-bond acceptors (Lipinski definition) is 4. The summed E-state index contributed by atoms with van der Waals surface area (Å²) >= 11 is 0. The van der Waals surface area contributed by atoms with E-state index in [1.165, 1.54) is 10.6 Å². The predicted octanol–water partition coefficient (Wildman–Crippen LogP) is 0.506. The van der Waals surface area contributed by atoms with Crippen LogP contribution < -0.4 is 11.0 Å². The average molecular weight is 392 g/mol. The van der Waals surface area contributed by atoms with Crippen LogP contribution in [0.5, 0.6) is 0 Å². The average Bonchev–Trinajstić information content (AvgIpc) is 3.02. The van der Waals surface area contributed by atoms with Crippen molar-refractivity contribution in [2.75, 3.05) is 19.3 Å². The Morgan fingerprint density at radius 2 is 1.89 bits per heavy atom. The number of carbonyl (C=O) groups is 1. The molecule has 1 aliphatic carbocycles. The molecule has 27 heavy (non-hydrogen) atoms. The fourth-order valence-electron chi connectivity index (χ4n) is 4.49. The minimum absolute atomic E-state index is 0.0233. The molecule has 1 aromatic carbocycles. The number of sulfonamides is 1. The fourth-order valence-corrected chi connectivity index (χ4v) is 5.41. The van der Waals surface area contributed by atoms with Crippen molar-refractivity contribution in [1.29, 1.82) is 0 Å². The largest absolute Gasteiger partial charge is 0.353 e. The number of hydrogen-bond donors (Lipinski definition) is 2. The van der Waals surface area contributed by atoms with Crippen LogP contribution >= 0.6 is 0 Å². The van der Waals surface area contributed by atoms with Gasteiger partial charge in [-0.15, -0.1) is 0 Å². The van der Waals surface area contributed by atoms with Gasteiger partial charge in [0, 0.05) is 32.1 Å². The van der Waals surface area contributed by atoms with Gasteiger partial charge in [-0.3, -0.25) is 9.36 Å². The molecule has 9 heteroatoms. The van der Waals surface area contributed by atoms with Crippen LogP contribution in [0, 0.1) is 11.8 Å². The van der Waals surface area contributed by atoms with Gasteiger partial charge in [0.1, 0.15) is 0 Å². The van der Waals surface area contributed by atoms with Gasteiger partial charge in [0.2, 0.25) is 15.9 Å². The fraction of sp³-hybridized carbons (Fsp3) is 0.556. The summed E-state index contributed by atoms with van der Waals surface area (Å²) in [6, 6.07) is 7.43. The number of fused-ring (bicyclic) bond motifs is 3. The molecule has 1 amide bonds. The maximum atomic E-state index is 12.5. The SMILES string of the molecule is CS(=O)(=O)N1CC2CCC(C1)C2NC(=O)CCn1c(=O)[nH]c2ccccc21. The third kappa shape index (κ3) is 3.53. The van der Waals surface area contributed by atoms with Gasteiger partial charge in [0.15, 0.2) is 0 Å². The lowest BCUT2D eigenvalue weighted by molar-refractivity contribution is -0.122. The van der Waals surface area contributed by atoms with Crippen molar-refractivity contribution < 1.29 is 13.2 Å². The van der Waals surface area contributed by atoms with E-state index in [1.807, 2.05) is 24.3 Å². The monoisotopic (exact) mass is 392 g/mol. The molecule has 146 valence electrons. The molecule has 2 aromatic rings. The number of carbonyl (C=O) groups excluding carboxylic acids is 1. The number of H-pyrrole nitrogens is 1. The molecule has 1 aromatic heterocycles. The Labute approximate surface area is 157 Å². The molecule has 1 aliphatic heterocycles. The van der Waals surface area contributed by atoms with E-state index >= 15 is 0 Å². The Morgan fingerprint density at radius 3 is 2.56 bits per heavy atom. The Bertz CT molecular complexity index is 1010. The third-order valence-electron chi connectivity index (χ3n) is 5.84. The Balaban J connectivity index is 1.39. The molecule has 2 N–H and O–H groups in total. The van der Waals surface area contributed by atoms with Gasteiger partial charge >= 0.3 is 5.69 Å². The number of piperidine rings is 1. The highest BCUT2D eigenvalue weighted by molar-refractivity contribution is 7.88. The van der Waals surface area contributed by atoms with Gasteiger partial charge in [0.25, 0.3) is 0 Å². The van der Waals surface area contributed by atoms with Gasteiger partial charge in [-0.2, -0.15) is 0 Å². The van der Waals surface area contributed by atoms with Crippen LogP contribution in [0.1, 0.15) is 19.3 Å². The van der Waals surface area contributed by atoms with Crippen LogP contribution in [-0.4, -0.2) is 53.6 Å². The summed E-state index contributed by atoms with van der Waals surface area (Å²) in [7, 11) is -3.19. The number of nitrogens with zero attached hydrogens (tertiary/aromatic N) is 2. The summed E-state index contributed by atoms with van der Waals surface area (Å²) in [6.45, 7) is 1.26. The second-order valence-corrected chi connectivity index (χ2v) is 9.60. The molecule has 0 spiro atoms. The van der Waals surface area contributed by atoms with Gasteiger partial charge in [-0.05, 0) is 36.8 Å². The molecule has 2 fully saturated rings. The lowest BCUT2D eigenvalue weighted by Crippen LogP contribution is -2.53. The summed E-state index contributed by atoms with van der Waals surface area (Å²) in [6.07, 6.45) is 3.32. The van der Waals surface area contributed by atoms with Gasteiger partial charge in [0.05, 0.1) is 17.3 Å². The number of imidazole rings is 1. The third-order valence-corrected chi connectivity index (χ3v) is 7.08. The summed E-state index contributed by atoms with van der Waals surface area (Å²) < 4.78 is 26.7. The van der Waals surface area contributed by atoms with Crippen molar-refractivity contribution >= 4 is 27.0 Å². The van der Waals surface area contributed by atoms with Crippen molar-refractivity contribution in [3.05, 3.63) is 34.7 Å². The number of rotatable bonds is 5. The maximum absolute atomic E-state index is 12.5. The lowest BCUT2D eigenvalue weighted by atomic mass is 9.93. The van der Waals surface area contributed by atoms with E-state index < -0.39 is 10.0 Å². The van der Waals surface area contributed by atoms with E-state index in [9.17, 15) is 18.0 Å². The Hall–Kier alpha value is -2.13. The minimum Gasteiger partial charge on any atom is -0.353 e. The first-order valence-corrected chi connectivity index (χ1v) is 11.1. The summed E-state index contributed by atoms with van der Waals surface area (Å²) in [5, 5.41) is 3.10.